The summed E-state index contributed by atoms with van der Waals surface area (Å²) in [5, 5.41) is 0. The van der Waals surface area contributed by atoms with E-state index in [0.717, 1.165) is 38.0 Å². The second kappa shape index (κ2) is 5.78. The van der Waals surface area contributed by atoms with E-state index in [0.29, 0.717) is 12.0 Å². The van der Waals surface area contributed by atoms with Crippen LogP contribution in [0.3, 0.4) is 0 Å². The molecule has 2 N–H and O–H groups in total. The van der Waals surface area contributed by atoms with E-state index in [1.807, 2.05) is 18.3 Å². The molecule has 0 aliphatic heterocycles. The zero-order valence-electron chi connectivity index (χ0n) is 10.7. The third-order valence-corrected chi connectivity index (χ3v) is 3.39. The topological polar surface area (TPSA) is 55.0 Å². The fraction of sp³-hybridized carbons (Fsp3) is 0.429. The predicted molar refractivity (Wildman–Crippen MR) is 74.2 cm³/mol. The molecule has 0 amide bonds. The van der Waals surface area contributed by atoms with Gasteiger partial charge in [0, 0.05) is 31.0 Å². The van der Waals surface area contributed by atoms with Gasteiger partial charge in [0.2, 0.25) is 5.95 Å². The maximum Gasteiger partial charge on any atom is 0.220 e. The number of nitrogens with zero attached hydrogens (tertiary/aromatic N) is 3. The number of rotatable bonds is 5. The number of aromatic nitrogens is 2. The second-order valence-electron chi connectivity index (χ2n) is 4.63. The molecular weight excluding hydrogens is 224 g/mol. The molecule has 1 heterocycles. The zero-order valence-corrected chi connectivity index (χ0v) is 10.7. The van der Waals surface area contributed by atoms with Crippen LogP contribution in [0.5, 0.6) is 0 Å². The van der Waals surface area contributed by atoms with Crippen LogP contribution in [0.25, 0.3) is 0 Å². The van der Waals surface area contributed by atoms with Gasteiger partial charge in [0.1, 0.15) is 0 Å². The Hall–Kier alpha value is -1.68. The molecule has 0 saturated carbocycles. The molecule has 4 heteroatoms. The highest BCUT2D eigenvalue weighted by atomic mass is 15.1. The molecule has 2 rings (SSSR count). The van der Waals surface area contributed by atoms with Gasteiger partial charge in [0.05, 0.1) is 0 Å². The maximum absolute atomic E-state index is 5.61. The molecule has 0 radical (unpaired) electrons. The first kappa shape index (κ1) is 12.8. The van der Waals surface area contributed by atoms with Crippen molar-refractivity contribution in [1.82, 2.24) is 14.9 Å². The molecule has 0 aromatic carbocycles. The van der Waals surface area contributed by atoms with Crippen LogP contribution in [0.2, 0.25) is 0 Å². The van der Waals surface area contributed by atoms with Gasteiger partial charge in [0.25, 0.3) is 0 Å². The molecule has 1 aliphatic rings. The Bertz CT molecular complexity index is 431. The van der Waals surface area contributed by atoms with Crippen molar-refractivity contribution in [2.75, 3.05) is 18.8 Å². The van der Waals surface area contributed by atoms with E-state index in [1.54, 1.807) is 0 Å². The Labute approximate surface area is 108 Å². The first-order valence-electron chi connectivity index (χ1n) is 6.30. The van der Waals surface area contributed by atoms with Gasteiger partial charge in [-0.05, 0) is 24.8 Å². The van der Waals surface area contributed by atoms with E-state index in [4.69, 9.17) is 5.73 Å². The van der Waals surface area contributed by atoms with Crippen LogP contribution in [-0.2, 0) is 12.8 Å². The summed E-state index contributed by atoms with van der Waals surface area (Å²) >= 11 is 0. The minimum absolute atomic E-state index is 0.376. The predicted octanol–water partition coefficient (Wildman–Crippen LogP) is 1.59. The van der Waals surface area contributed by atoms with E-state index in [1.165, 1.54) is 5.56 Å². The van der Waals surface area contributed by atoms with Crippen molar-refractivity contribution in [2.45, 2.75) is 25.3 Å². The van der Waals surface area contributed by atoms with Gasteiger partial charge >= 0.3 is 0 Å². The van der Waals surface area contributed by atoms with Crippen molar-refractivity contribution < 1.29 is 0 Å². The minimum Gasteiger partial charge on any atom is -0.368 e. The molecule has 4 nitrogen and oxygen atoms in total. The zero-order chi connectivity index (χ0) is 13.0. The summed E-state index contributed by atoms with van der Waals surface area (Å²) in [6.45, 7) is 9.41. The quantitative estimate of drug-likeness (QED) is 0.799. The lowest BCUT2D eigenvalue weighted by Gasteiger charge is -2.33. The Morgan fingerprint density at radius 2 is 2.11 bits per heavy atom. The van der Waals surface area contributed by atoms with Crippen LogP contribution in [-0.4, -0.2) is 34.0 Å². The molecule has 0 spiro atoms. The maximum atomic E-state index is 5.61. The number of fused-ring (bicyclic) bond motifs is 1. The third kappa shape index (κ3) is 2.76. The Balaban J connectivity index is 2.12. The van der Waals surface area contributed by atoms with Crippen LogP contribution in [0, 0.1) is 0 Å². The highest BCUT2D eigenvalue weighted by Gasteiger charge is 2.24. The van der Waals surface area contributed by atoms with Crippen molar-refractivity contribution in [3.8, 4) is 0 Å². The first-order chi connectivity index (χ1) is 8.74. The number of hydrogen-bond acceptors (Lipinski definition) is 4. The van der Waals surface area contributed by atoms with Gasteiger partial charge in [0.15, 0.2) is 0 Å². The first-order valence-corrected chi connectivity index (χ1v) is 6.30. The summed E-state index contributed by atoms with van der Waals surface area (Å²) in [5.74, 6) is 0.376. The minimum atomic E-state index is 0.376. The van der Waals surface area contributed by atoms with Crippen LogP contribution >= 0.6 is 0 Å². The lowest BCUT2D eigenvalue weighted by atomic mass is 9.91. The van der Waals surface area contributed by atoms with Crippen molar-refractivity contribution in [3.63, 3.8) is 0 Å². The summed E-state index contributed by atoms with van der Waals surface area (Å²) < 4.78 is 0. The van der Waals surface area contributed by atoms with Gasteiger partial charge in [-0.3, -0.25) is 4.90 Å². The van der Waals surface area contributed by atoms with Crippen LogP contribution in [0.15, 0.2) is 31.5 Å². The fourth-order valence-electron chi connectivity index (χ4n) is 2.52. The van der Waals surface area contributed by atoms with E-state index >= 15 is 0 Å². The summed E-state index contributed by atoms with van der Waals surface area (Å²) in [6.07, 6.45) is 8.81. The monoisotopic (exact) mass is 244 g/mol. The molecule has 1 aliphatic carbocycles. The van der Waals surface area contributed by atoms with Crippen molar-refractivity contribution in [1.29, 1.82) is 0 Å². The summed E-state index contributed by atoms with van der Waals surface area (Å²) in [4.78, 5) is 10.8. The Morgan fingerprint density at radius 3 is 2.78 bits per heavy atom. The molecule has 0 bridgehead atoms. The molecule has 18 heavy (non-hydrogen) atoms. The van der Waals surface area contributed by atoms with Gasteiger partial charge < -0.3 is 5.73 Å². The summed E-state index contributed by atoms with van der Waals surface area (Å²) in [5.41, 5.74) is 7.94. The van der Waals surface area contributed by atoms with Gasteiger partial charge in [-0.1, -0.05) is 12.2 Å². The number of hydrogen-bond donors (Lipinski definition) is 1. The number of anilines is 1. The molecular formula is C14H20N4. The van der Waals surface area contributed by atoms with E-state index in [2.05, 4.69) is 28.0 Å². The molecule has 1 aromatic rings. The van der Waals surface area contributed by atoms with Gasteiger partial charge in [-0.15, -0.1) is 13.2 Å². The molecule has 0 saturated heterocycles. The number of aryl methyl sites for hydroxylation is 1. The third-order valence-electron chi connectivity index (χ3n) is 3.39. The Kier molecular flexibility index (Phi) is 4.10. The lowest BCUT2D eigenvalue weighted by molar-refractivity contribution is 0.218. The van der Waals surface area contributed by atoms with Crippen molar-refractivity contribution in [2.24, 2.45) is 0 Å². The molecule has 0 fully saturated rings. The lowest BCUT2D eigenvalue weighted by Crippen LogP contribution is -2.39. The van der Waals surface area contributed by atoms with Crippen LogP contribution in [0.1, 0.15) is 17.7 Å². The molecule has 1 atom stereocenters. The van der Waals surface area contributed by atoms with E-state index < -0.39 is 0 Å². The number of nitrogen functional groups attached to an aromatic ring is 1. The fourth-order valence-corrected chi connectivity index (χ4v) is 2.52. The second-order valence-corrected chi connectivity index (χ2v) is 4.63. The van der Waals surface area contributed by atoms with Gasteiger partial charge in [-0.25, -0.2) is 9.97 Å². The highest BCUT2D eigenvalue weighted by Crippen LogP contribution is 2.23. The molecule has 1 unspecified atom stereocenters. The average Bonchev–Trinajstić information content (AvgIpc) is 2.38. The highest BCUT2D eigenvalue weighted by molar-refractivity contribution is 5.28. The van der Waals surface area contributed by atoms with E-state index in [9.17, 15) is 0 Å². The van der Waals surface area contributed by atoms with Crippen molar-refractivity contribution in [3.05, 3.63) is 42.8 Å². The Morgan fingerprint density at radius 1 is 1.39 bits per heavy atom. The van der Waals surface area contributed by atoms with Crippen LogP contribution in [0.4, 0.5) is 5.95 Å². The summed E-state index contributed by atoms with van der Waals surface area (Å²) in [7, 11) is 0. The SMILES string of the molecule is C=CCN(CC=C)C1CCc2nc(N)ncc2C1. The van der Waals surface area contributed by atoms with Crippen molar-refractivity contribution >= 4 is 5.95 Å². The largest absolute Gasteiger partial charge is 0.368 e. The molecule has 1 aromatic heterocycles. The average molecular weight is 244 g/mol. The molecule has 96 valence electrons. The standard InChI is InChI=1S/C14H20N4/c1-3-7-18(8-4-2)12-5-6-13-11(9-12)10-16-14(15)17-13/h3-4,10,12H,1-2,5-9H2,(H2,15,16,17). The van der Waals surface area contributed by atoms with Gasteiger partial charge in [-0.2, -0.15) is 0 Å². The van der Waals surface area contributed by atoms with Crippen LogP contribution < -0.4 is 5.73 Å². The summed E-state index contributed by atoms with van der Waals surface area (Å²) in [6, 6.07) is 0.515. The smallest absolute Gasteiger partial charge is 0.220 e. The normalized spacial score (nSPS) is 18.4. The van der Waals surface area contributed by atoms with E-state index in [-0.39, 0.29) is 0 Å². The number of nitrogens with two attached hydrogens (primary N) is 1.